The minimum Gasteiger partial charge on any atom is -0.483 e. The van der Waals surface area contributed by atoms with Crippen molar-refractivity contribution in [3.63, 3.8) is 0 Å². The Morgan fingerprint density at radius 1 is 1.09 bits per heavy atom. The first-order valence-corrected chi connectivity index (χ1v) is 6.91. The van der Waals surface area contributed by atoms with Gasteiger partial charge in [-0.2, -0.15) is 0 Å². The van der Waals surface area contributed by atoms with Crippen molar-refractivity contribution in [3.05, 3.63) is 65.5 Å². The summed E-state index contributed by atoms with van der Waals surface area (Å²) in [5, 5.41) is 2.65. The minimum atomic E-state index is -0.535. The second-order valence-electron chi connectivity index (χ2n) is 4.68. The summed E-state index contributed by atoms with van der Waals surface area (Å²) in [7, 11) is 1.27. The van der Waals surface area contributed by atoms with Gasteiger partial charge in [-0.1, -0.05) is 24.3 Å². The van der Waals surface area contributed by atoms with Gasteiger partial charge in [0, 0.05) is 6.54 Å². The van der Waals surface area contributed by atoms with Crippen LogP contribution in [0.3, 0.4) is 0 Å². The summed E-state index contributed by atoms with van der Waals surface area (Å²) in [4.78, 5) is 23.4. The van der Waals surface area contributed by atoms with E-state index in [0.717, 1.165) is 5.56 Å². The van der Waals surface area contributed by atoms with Crippen LogP contribution in [0.5, 0.6) is 5.75 Å². The highest BCUT2D eigenvalue weighted by atomic mass is 19.1. The van der Waals surface area contributed by atoms with Crippen LogP contribution in [-0.2, 0) is 16.1 Å². The van der Waals surface area contributed by atoms with E-state index in [-0.39, 0.29) is 36.2 Å². The van der Waals surface area contributed by atoms with Gasteiger partial charge in [0.05, 0.1) is 7.11 Å². The number of para-hydroxylation sites is 1. The molecule has 0 fully saturated rings. The average molecular weight is 317 g/mol. The van der Waals surface area contributed by atoms with Gasteiger partial charge in [-0.15, -0.1) is 0 Å². The van der Waals surface area contributed by atoms with Crippen LogP contribution in [0.4, 0.5) is 4.39 Å². The molecular weight excluding hydrogens is 301 g/mol. The lowest BCUT2D eigenvalue weighted by molar-refractivity contribution is -0.123. The molecule has 0 saturated carbocycles. The monoisotopic (exact) mass is 317 g/mol. The number of methoxy groups -OCH3 is 1. The van der Waals surface area contributed by atoms with Crippen molar-refractivity contribution in [1.82, 2.24) is 5.32 Å². The molecule has 23 heavy (non-hydrogen) atoms. The van der Waals surface area contributed by atoms with Crippen LogP contribution in [0.25, 0.3) is 0 Å². The third kappa shape index (κ3) is 4.81. The predicted molar refractivity (Wildman–Crippen MR) is 81.5 cm³/mol. The summed E-state index contributed by atoms with van der Waals surface area (Å²) in [6.45, 7) is 0.0241. The van der Waals surface area contributed by atoms with Gasteiger partial charge in [0.15, 0.2) is 6.61 Å². The number of benzene rings is 2. The zero-order chi connectivity index (χ0) is 16.7. The molecule has 0 unspecified atom stereocenters. The van der Waals surface area contributed by atoms with Crippen molar-refractivity contribution >= 4 is 11.9 Å². The fraction of sp³-hybridized carbons (Fsp3) is 0.176. The molecule has 0 bridgehead atoms. The van der Waals surface area contributed by atoms with Crippen LogP contribution in [0.1, 0.15) is 15.9 Å². The lowest BCUT2D eigenvalue weighted by atomic mass is 10.2. The molecule has 2 aromatic carbocycles. The summed E-state index contributed by atoms with van der Waals surface area (Å²) >= 11 is 0. The van der Waals surface area contributed by atoms with Crippen molar-refractivity contribution in [3.8, 4) is 5.75 Å². The summed E-state index contributed by atoms with van der Waals surface area (Å²) < 4.78 is 22.8. The molecule has 0 spiro atoms. The van der Waals surface area contributed by atoms with Crippen molar-refractivity contribution < 1.29 is 23.5 Å². The van der Waals surface area contributed by atoms with Gasteiger partial charge in [-0.25, -0.2) is 9.18 Å². The highest BCUT2D eigenvalue weighted by Gasteiger charge is 2.13. The van der Waals surface area contributed by atoms with Crippen LogP contribution in [0, 0.1) is 5.82 Å². The molecule has 0 aliphatic rings. The Kier molecular flexibility index (Phi) is 5.68. The van der Waals surface area contributed by atoms with E-state index in [1.165, 1.54) is 19.2 Å². The maximum Gasteiger partial charge on any atom is 0.341 e. The molecule has 0 saturated heterocycles. The van der Waals surface area contributed by atoms with Crippen molar-refractivity contribution in [2.24, 2.45) is 0 Å². The fourth-order valence-corrected chi connectivity index (χ4v) is 1.87. The van der Waals surface area contributed by atoms with Crippen LogP contribution >= 0.6 is 0 Å². The Morgan fingerprint density at radius 2 is 1.78 bits per heavy atom. The third-order valence-electron chi connectivity index (χ3n) is 3.05. The highest BCUT2D eigenvalue weighted by molar-refractivity contribution is 5.92. The smallest absolute Gasteiger partial charge is 0.341 e. The van der Waals surface area contributed by atoms with Crippen molar-refractivity contribution in [2.45, 2.75) is 6.54 Å². The standard InChI is InChI=1S/C17H16FNO4/c1-22-17(21)14-4-2-3-5-15(14)23-11-16(20)19-10-12-6-8-13(18)9-7-12/h2-9H,10-11H2,1H3,(H,19,20). The van der Waals surface area contributed by atoms with E-state index in [0.29, 0.717) is 0 Å². The maximum absolute atomic E-state index is 12.8. The molecule has 0 aromatic heterocycles. The predicted octanol–water partition coefficient (Wildman–Crippen LogP) is 2.31. The van der Waals surface area contributed by atoms with Gasteiger partial charge in [0.2, 0.25) is 0 Å². The first-order valence-electron chi connectivity index (χ1n) is 6.91. The number of amides is 1. The lowest BCUT2D eigenvalue weighted by Crippen LogP contribution is -2.28. The topological polar surface area (TPSA) is 64.6 Å². The first-order chi connectivity index (χ1) is 11.1. The second kappa shape index (κ2) is 7.93. The van der Waals surface area contributed by atoms with Crippen LogP contribution < -0.4 is 10.1 Å². The number of carbonyl (C=O) groups excluding carboxylic acids is 2. The maximum atomic E-state index is 12.8. The zero-order valence-corrected chi connectivity index (χ0v) is 12.5. The Hall–Kier alpha value is -2.89. The zero-order valence-electron chi connectivity index (χ0n) is 12.5. The Balaban J connectivity index is 1.87. The molecule has 0 aliphatic carbocycles. The molecular formula is C17H16FNO4. The number of ether oxygens (including phenoxy) is 2. The van der Waals surface area contributed by atoms with E-state index >= 15 is 0 Å². The minimum absolute atomic E-state index is 0.241. The second-order valence-corrected chi connectivity index (χ2v) is 4.68. The Morgan fingerprint density at radius 3 is 2.48 bits per heavy atom. The van der Waals surface area contributed by atoms with E-state index in [4.69, 9.17) is 4.74 Å². The normalized spacial score (nSPS) is 10.0. The molecule has 0 atom stereocenters. The molecule has 0 heterocycles. The molecule has 0 radical (unpaired) electrons. The summed E-state index contributed by atoms with van der Waals surface area (Å²) in [5.41, 5.74) is 1.02. The number of nitrogens with one attached hydrogen (secondary N) is 1. The van der Waals surface area contributed by atoms with Gasteiger partial charge in [-0.3, -0.25) is 4.79 Å². The van der Waals surface area contributed by atoms with Gasteiger partial charge < -0.3 is 14.8 Å². The molecule has 1 amide bonds. The summed E-state index contributed by atoms with van der Waals surface area (Å²) in [6.07, 6.45) is 0. The average Bonchev–Trinajstić information content (AvgIpc) is 2.59. The van der Waals surface area contributed by atoms with Gasteiger partial charge >= 0.3 is 5.97 Å². The number of esters is 1. The fourth-order valence-electron chi connectivity index (χ4n) is 1.87. The number of carbonyl (C=O) groups is 2. The van der Waals surface area contributed by atoms with Crippen LogP contribution in [0.15, 0.2) is 48.5 Å². The lowest BCUT2D eigenvalue weighted by Gasteiger charge is -2.10. The van der Waals surface area contributed by atoms with Gasteiger partial charge in [-0.05, 0) is 29.8 Å². The number of halogens is 1. The van der Waals surface area contributed by atoms with E-state index in [1.807, 2.05) is 0 Å². The molecule has 6 heteroatoms. The van der Waals surface area contributed by atoms with Crippen LogP contribution in [-0.4, -0.2) is 25.6 Å². The Labute approximate surface area is 133 Å². The number of hydrogen-bond donors (Lipinski definition) is 1. The summed E-state index contributed by atoms with van der Waals surface area (Å²) in [5.74, 6) is -0.944. The molecule has 2 rings (SSSR count). The van der Waals surface area contributed by atoms with Crippen LogP contribution in [0.2, 0.25) is 0 Å². The SMILES string of the molecule is COC(=O)c1ccccc1OCC(=O)NCc1ccc(F)cc1. The summed E-state index contributed by atoms with van der Waals surface area (Å²) in [6, 6.07) is 12.3. The van der Waals surface area contributed by atoms with E-state index in [9.17, 15) is 14.0 Å². The van der Waals surface area contributed by atoms with Crippen molar-refractivity contribution in [2.75, 3.05) is 13.7 Å². The first kappa shape index (κ1) is 16.5. The van der Waals surface area contributed by atoms with Crippen molar-refractivity contribution in [1.29, 1.82) is 0 Å². The Bertz CT molecular complexity index is 685. The quantitative estimate of drug-likeness (QED) is 0.830. The molecule has 0 aliphatic heterocycles. The highest BCUT2D eigenvalue weighted by Crippen LogP contribution is 2.18. The molecule has 5 nitrogen and oxygen atoms in total. The molecule has 1 N–H and O–H groups in total. The molecule has 120 valence electrons. The van der Waals surface area contributed by atoms with Gasteiger partial charge in [0.1, 0.15) is 17.1 Å². The number of hydrogen-bond acceptors (Lipinski definition) is 4. The largest absolute Gasteiger partial charge is 0.483 e. The molecule has 2 aromatic rings. The van der Waals surface area contributed by atoms with E-state index in [2.05, 4.69) is 10.1 Å². The van der Waals surface area contributed by atoms with E-state index < -0.39 is 5.97 Å². The van der Waals surface area contributed by atoms with Gasteiger partial charge in [0.25, 0.3) is 5.91 Å². The van der Waals surface area contributed by atoms with E-state index in [1.54, 1.807) is 36.4 Å². The number of rotatable bonds is 6. The third-order valence-corrected chi connectivity index (χ3v) is 3.05.